The molecule has 0 aliphatic carbocycles. The highest BCUT2D eigenvalue weighted by molar-refractivity contribution is 4.84. The van der Waals surface area contributed by atoms with E-state index >= 15 is 0 Å². The van der Waals surface area contributed by atoms with Gasteiger partial charge >= 0.3 is 0 Å². The van der Waals surface area contributed by atoms with Crippen LogP contribution in [0.3, 0.4) is 0 Å². The van der Waals surface area contributed by atoms with Crippen molar-refractivity contribution in [2.24, 2.45) is 5.41 Å². The minimum Gasteiger partial charge on any atom is -0.350 e. The van der Waals surface area contributed by atoms with E-state index in [4.69, 9.17) is 9.47 Å². The predicted octanol–water partition coefficient (Wildman–Crippen LogP) is 2.57. The Morgan fingerprint density at radius 1 is 1.33 bits per heavy atom. The maximum Gasteiger partial charge on any atom is 0.163 e. The molecule has 0 saturated carbocycles. The van der Waals surface area contributed by atoms with Gasteiger partial charge in [0, 0.05) is 5.41 Å². The maximum atomic E-state index is 5.76. The van der Waals surface area contributed by atoms with Crippen molar-refractivity contribution in [2.75, 3.05) is 6.61 Å². The van der Waals surface area contributed by atoms with Gasteiger partial charge in [-0.2, -0.15) is 0 Å². The molecule has 0 aromatic carbocycles. The SMILES string of the molecule is CCC1(C)COC(C)(C)OC1C. The van der Waals surface area contributed by atoms with Gasteiger partial charge in [0.05, 0.1) is 12.7 Å². The third-order valence-corrected chi connectivity index (χ3v) is 3.00. The van der Waals surface area contributed by atoms with Crippen LogP contribution in [0.4, 0.5) is 0 Å². The number of hydrogen-bond acceptors (Lipinski definition) is 2. The zero-order valence-electron chi connectivity index (χ0n) is 8.81. The third kappa shape index (κ3) is 1.80. The van der Waals surface area contributed by atoms with E-state index in [1.165, 1.54) is 0 Å². The summed E-state index contributed by atoms with van der Waals surface area (Å²) in [4.78, 5) is 0. The largest absolute Gasteiger partial charge is 0.350 e. The highest BCUT2D eigenvalue weighted by atomic mass is 16.7. The molecule has 0 spiro atoms. The van der Waals surface area contributed by atoms with Gasteiger partial charge in [0.25, 0.3) is 0 Å². The number of hydrogen-bond donors (Lipinski definition) is 0. The van der Waals surface area contributed by atoms with Gasteiger partial charge in [0.2, 0.25) is 0 Å². The first-order chi connectivity index (χ1) is 5.40. The lowest BCUT2D eigenvalue weighted by Gasteiger charge is -2.45. The van der Waals surface area contributed by atoms with E-state index in [1.807, 2.05) is 13.8 Å². The summed E-state index contributed by atoms with van der Waals surface area (Å²) in [5.74, 6) is -0.395. The average molecular weight is 172 g/mol. The molecule has 2 heteroatoms. The van der Waals surface area contributed by atoms with E-state index in [2.05, 4.69) is 20.8 Å². The van der Waals surface area contributed by atoms with Gasteiger partial charge in [-0.15, -0.1) is 0 Å². The molecule has 1 aliphatic heterocycles. The van der Waals surface area contributed by atoms with Gasteiger partial charge in [0.1, 0.15) is 0 Å². The fourth-order valence-corrected chi connectivity index (χ4v) is 1.45. The highest BCUT2D eigenvalue weighted by Crippen LogP contribution is 2.37. The fraction of sp³-hybridized carbons (Fsp3) is 1.00. The molecule has 0 aromatic rings. The fourth-order valence-electron chi connectivity index (χ4n) is 1.45. The van der Waals surface area contributed by atoms with E-state index in [0.29, 0.717) is 0 Å². The first kappa shape index (κ1) is 10.0. The maximum absolute atomic E-state index is 5.76. The van der Waals surface area contributed by atoms with Crippen LogP contribution in [-0.4, -0.2) is 18.5 Å². The molecule has 1 rings (SSSR count). The summed E-state index contributed by atoms with van der Waals surface area (Å²) in [5.41, 5.74) is 0.190. The normalized spacial score (nSPS) is 41.2. The minimum absolute atomic E-state index is 0.190. The van der Waals surface area contributed by atoms with Crippen LogP contribution in [0.2, 0.25) is 0 Å². The first-order valence-corrected chi connectivity index (χ1v) is 4.71. The van der Waals surface area contributed by atoms with Crippen LogP contribution in [-0.2, 0) is 9.47 Å². The van der Waals surface area contributed by atoms with Crippen molar-refractivity contribution in [1.29, 1.82) is 0 Å². The second kappa shape index (κ2) is 3.00. The lowest BCUT2D eigenvalue weighted by Crippen LogP contribution is -2.50. The summed E-state index contributed by atoms with van der Waals surface area (Å²) in [6.45, 7) is 11.3. The molecule has 2 nitrogen and oxygen atoms in total. The second-order valence-electron chi connectivity index (χ2n) is 4.46. The van der Waals surface area contributed by atoms with Crippen molar-refractivity contribution < 1.29 is 9.47 Å². The van der Waals surface area contributed by atoms with E-state index in [-0.39, 0.29) is 11.5 Å². The summed E-state index contributed by atoms with van der Waals surface area (Å²) in [7, 11) is 0. The molecule has 0 amide bonds. The first-order valence-electron chi connectivity index (χ1n) is 4.71. The van der Waals surface area contributed by atoms with Crippen molar-refractivity contribution >= 4 is 0 Å². The Kier molecular flexibility index (Phi) is 2.50. The zero-order chi connectivity index (χ0) is 9.41. The molecule has 2 atom stereocenters. The van der Waals surface area contributed by atoms with Gasteiger partial charge in [-0.1, -0.05) is 13.8 Å². The number of rotatable bonds is 1. The van der Waals surface area contributed by atoms with Crippen molar-refractivity contribution in [1.82, 2.24) is 0 Å². The molecular weight excluding hydrogens is 152 g/mol. The molecule has 0 aromatic heterocycles. The summed E-state index contributed by atoms with van der Waals surface area (Å²) >= 11 is 0. The van der Waals surface area contributed by atoms with E-state index < -0.39 is 5.79 Å². The summed E-state index contributed by atoms with van der Waals surface area (Å²) < 4.78 is 11.4. The lowest BCUT2D eigenvalue weighted by atomic mass is 9.82. The van der Waals surface area contributed by atoms with E-state index in [1.54, 1.807) is 0 Å². The molecule has 1 heterocycles. The molecule has 1 saturated heterocycles. The Labute approximate surface area is 75.2 Å². The Morgan fingerprint density at radius 3 is 2.33 bits per heavy atom. The standard InChI is InChI=1S/C10H20O2/c1-6-10(5)7-11-9(3,4)12-8(10)2/h8H,6-7H2,1-5H3. The summed E-state index contributed by atoms with van der Waals surface area (Å²) in [6, 6.07) is 0. The Balaban J connectivity index is 2.65. The zero-order valence-corrected chi connectivity index (χ0v) is 8.81. The second-order valence-corrected chi connectivity index (χ2v) is 4.46. The molecule has 72 valence electrons. The Bertz CT molecular complexity index is 165. The van der Waals surface area contributed by atoms with Crippen molar-refractivity contribution in [2.45, 2.75) is 52.9 Å². The molecular formula is C10H20O2. The van der Waals surface area contributed by atoms with Crippen molar-refractivity contribution in [3.05, 3.63) is 0 Å². The van der Waals surface area contributed by atoms with Gasteiger partial charge in [-0.25, -0.2) is 0 Å². The topological polar surface area (TPSA) is 18.5 Å². The van der Waals surface area contributed by atoms with Crippen LogP contribution in [0.5, 0.6) is 0 Å². The van der Waals surface area contributed by atoms with Crippen molar-refractivity contribution in [3.63, 3.8) is 0 Å². The van der Waals surface area contributed by atoms with Crippen LogP contribution in [0.15, 0.2) is 0 Å². The molecule has 0 N–H and O–H groups in total. The minimum atomic E-state index is -0.395. The van der Waals surface area contributed by atoms with Gasteiger partial charge in [0.15, 0.2) is 5.79 Å². The van der Waals surface area contributed by atoms with E-state index in [0.717, 1.165) is 13.0 Å². The quantitative estimate of drug-likeness (QED) is 0.605. The Hall–Kier alpha value is -0.0800. The Morgan fingerprint density at radius 2 is 1.92 bits per heavy atom. The molecule has 1 aliphatic rings. The van der Waals surface area contributed by atoms with Crippen LogP contribution in [0, 0.1) is 5.41 Å². The molecule has 1 fully saturated rings. The molecule has 0 radical (unpaired) electrons. The van der Waals surface area contributed by atoms with E-state index in [9.17, 15) is 0 Å². The van der Waals surface area contributed by atoms with Crippen LogP contribution < -0.4 is 0 Å². The van der Waals surface area contributed by atoms with Crippen LogP contribution >= 0.6 is 0 Å². The molecule has 12 heavy (non-hydrogen) atoms. The molecule has 2 unspecified atom stereocenters. The summed E-state index contributed by atoms with van der Waals surface area (Å²) in [5, 5.41) is 0. The van der Waals surface area contributed by atoms with Crippen molar-refractivity contribution in [3.8, 4) is 0 Å². The molecule has 0 bridgehead atoms. The monoisotopic (exact) mass is 172 g/mol. The summed E-state index contributed by atoms with van der Waals surface area (Å²) in [6.07, 6.45) is 1.38. The predicted molar refractivity (Wildman–Crippen MR) is 49.0 cm³/mol. The third-order valence-electron chi connectivity index (χ3n) is 3.00. The lowest BCUT2D eigenvalue weighted by molar-refractivity contribution is -0.311. The number of ether oxygens (including phenoxy) is 2. The van der Waals surface area contributed by atoms with Gasteiger partial charge < -0.3 is 9.47 Å². The smallest absolute Gasteiger partial charge is 0.163 e. The van der Waals surface area contributed by atoms with Crippen LogP contribution in [0.25, 0.3) is 0 Å². The highest BCUT2D eigenvalue weighted by Gasteiger charge is 2.40. The van der Waals surface area contributed by atoms with Gasteiger partial charge in [-0.05, 0) is 27.2 Å². The average Bonchev–Trinajstić information content (AvgIpc) is 1.97. The van der Waals surface area contributed by atoms with Gasteiger partial charge in [-0.3, -0.25) is 0 Å². The van der Waals surface area contributed by atoms with Crippen LogP contribution in [0.1, 0.15) is 41.0 Å².